The van der Waals surface area contributed by atoms with Crippen molar-refractivity contribution in [3.05, 3.63) is 11.7 Å². The van der Waals surface area contributed by atoms with Crippen molar-refractivity contribution in [2.45, 2.75) is 77.7 Å². The highest BCUT2D eigenvalue weighted by molar-refractivity contribution is 5.05. The molecule has 1 rings (SSSR count). The predicted molar refractivity (Wildman–Crippen MR) is 73.3 cm³/mol. The largest absolute Gasteiger partial charge is 0.339 e. The van der Waals surface area contributed by atoms with Crippen LogP contribution in [-0.2, 0) is 5.54 Å². The molecule has 4 heteroatoms. The molecule has 0 saturated carbocycles. The summed E-state index contributed by atoms with van der Waals surface area (Å²) in [6, 6.07) is 0. The molecule has 104 valence electrons. The summed E-state index contributed by atoms with van der Waals surface area (Å²) in [5.41, 5.74) is 5.85. The van der Waals surface area contributed by atoms with E-state index in [9.17, 15) is 0 Å². The van der Waals surface area contributed by atoms with Gasteiger partial charge < -0.3 is 10.3 Å². The van der Waals surface area contributed by atoms with Crippen molar-refractivity contribution in [2.24, 2.45) is 5.73 Å². The van der Waals surface area contributed by atoms with E-state index in [1.807, 2.05) is 0 Å². The van der Waals surface area contributed by atoms with Crippen LogP contribution in [0.1, 0.15) is 83.9 Å². The molecule has 0 aliphatic carbocycles. The Kier molecular flexibility index (Phi) is 5.79. The Labute approximate surface area is 110 Å². The van der Waals surface area contributed by atoms with Crippen LogP contribution in [-0.4, -0.2) is 10.1 Å². The molecule has 0 fully saturated rings. The van der Waals surface area contributed by atoms with Gasteiger partial charge in [-0.25, -0.2) is 0 Å². The van der Waals surface area contributed by atoms with Crippen LogP contribution in [0.5, 0.6) is 0 Å². The van der Waals surface area contributed by atoms with Crippen molar-refractivity contribution in [3.8, 4) is 0 Å². The van der Waals surface area contributed by atoms with E-state index in [0.29, 0.717) is 11.7 Å². The van der Waals surface area contributed by atoms with Crippen molar-refractivity contribution >= 4 is 0 Å². The fourth-order valence-corrected chi connectivity index (χ4v) is 2.26. The summed E-state index contributed by atoms with van der Waals surface area (Å²) in [6.45, 7) is 8.50. The topological polar surface area (TPSA) is 64.9 Å². The second-order valence-electron chi connectivity index (χ2n) is 5.09. The Hall–Kier alpha value is -0.900. The van der Waals surface area contributed by atoms with E-state index in [-0.39, 0.29) is 0 Å². The molecule has 0 unspecified atom stereocenters. The minimum absolute atomic E-state index is 0.388. The van der Waals surface area contributed by atoms with Crippen LogP contribution in [0.2, 0.25) is 0 Å². The van der Waals surface area contributed by atoms with E-state index in [2.05, 4.69) is 37.8 Å². The minimum Gasteiger partial charge on any atom is -0.339 e. The molecule has 1 aromatic heterocycles. The van der Waals surface area contributed by atoms with Crippen LogP contribution >= 0.6 is 0 Å². The molecule has 0 spiro atoms. The Bertz CT molecular complexity index is 339. The summed E-state index contributed by atoms with van der Waals surface area (Å²) in [5, 5.41) is 4.10. The Morgan fingerprint density at radius 1 is 1.11 bits per heavy atom. The van der Waals surface area contributed by atoms with Gasteiger partial charge in [0.2, 0.25) is 5.89 Å². The van der Waals surface area contributed by atoms with Crippen molar-refractivity contribution in [2.75, 3.05) is 0 Å². The highest BCUT2D eigenvalue weighted by Gasteiger charge is 2.30. The number of rotatable bonds is 8. The Morgan fingerprint density at radius 2 is 1.67 bits per heavy atom. The second-order valence-corrected chi connectivity index (χ2v) is 5.09. The molecule has 2 N–H and O–H groups in total. The molecule has 0 atom stereocenters. The smallest absolute Gasteiger partial charge is 0.229 e. The third-order valence-corrected chi connectivity index (χ3v) is 3.77. The number of aromatic nitrogens is 2. The molecular weight excluding hydrogens is 226 g/mol. The minimum atomic E-state index is -0.440. The lowest BCUT2D eigenvalue weighted by atomic mass is 9.93. The Balaban J connectivity index is 2.89. The zero-order valence-electron chi connectivity index (χ0n) is 12.2. The zero-order valence-corrected chi connectivity index (χ0v) is 12.2. The SMILES string of the molecule is CCCC(CCC)c1nc(C(N)(CC)CC)no1. The third-order valence-electron chi connectivity index (χ3n) is 3.77. The van der Waals surface area contributed by atoms with Crippen molar-refractivity contribution in [3.63, 3.8) is 0 Å². The molecule has 0 radical (unpaired) electrons. The quantitative estimate of drug-likeness (QED) is 0.766. The summed E-state index contributed by atoms with van der Waals surface area (Å²) in [5.74, 6) is 1.82. The summed E-state index contributed by atoms with van der Waals surface area (Å²) >= 11 is 0. The first-order valence-corrected chi connectivity index (χ1v) is 7.24. The molecule has 0 aliphatic rings. The van der Waals surface area contributed by atoms with Gasteiger partial charge in [-0.2, -0.15) is 4.98 Å². The molecule has 0 saturated heterocycles. The van der Waals surface area contributed by atoms with E-state index in [1.165, 1.54) is 0 Å². The van der Waals surface area contributed by atoms with Gasteiger partial charge in [0.05, 0.1) is 5.54 Å². The predicted octanol–water partition coefficient (Wildman–Crippen LogP) is 3.73. The molecule has 1 heterocycles. The van der Waals surface area contributed by atoms with Crippen LogP contribution in [0.25, 0.3) is 0 Å². The monoisotopic (exact) mass is 253 g/mol. The summed E-state index contributed by atoms with van der Waals surface area (Å²) in [4.78, 5) is 4.56. The van der Waals surface area contributed by atoms with Crippen LogP contribution in [0, 0.1) is 0 Å². The fourth-order valence-electron chi connectivity index (χ4n) is 2.26. The lowest BCUT2D eigenvalue weighted by molar-refractivity contribution is 0.316. The number of nitrogens with zero attached hydrogens (tertiary/aromatic N) is 2. The number of hydrogen-bond donors (Lipinski definition) is 1. The van der Waals surface area contributed by atoms with Gasteiger partial charge in [0.25, 0.3) is 0 Å². The molecular formula is C14H27N3O. The fraction of sp³-hybridized carbons (Fsp3) is 0.857. The second kappa shape index (κ2) is 6.88. The molecule has 0 aromatic carbocycles. The standard InChI is InChI=1S/C14H27N3O/c1-5-9-11(10-6-2)12-16-13(17-18-12)14(15,7-3)8-4/h11H,5-10,15H2,1-4H3. The van der Waals surface area contributed by atoms with Crippen molar-refractivity contribution in [1.29, 1.82) is 0 Å². The lowest BCUT2D eigenvalue weighted by Gasteiger charge is -2.21. The number of hydrogen-bond acceptors (Lipinski definition) is 4. The van der Waals surface area contributed by atoms with Crippen molar-refractivity contribution < 1.29 is 4.52 Å². The van der Waals surface area contributed by atoms with Crippen LogP contribution in [0.3, 0.4) is 0 Å². The first-order chi connectivity index (χ1) is 8.61. The van der Waals surface area contributed by atoms with Gasteiger partial charge >= 0.3 is 0 Å². The van der Waals surface area contributed by atoms with Crippen LogP contribution in [0.4, 0.5) is 0 Å². The molecule has 4 nitrogen and oxygen atoms in total. The number of nitrogens with two attached hydrogens (primary N) is 1. The first kappa shape index (κ1) is 15.2. The summed E-state index contributed by atoms with van der Waals surface area (Å²) in [6.07, 6.45) is 6.13. The van der Waals surface area contributed by atoms with E-state index in [0.717, 1.165) is 44.4 Å². The Morgan fingerprint density at radius 3 is 2.11 bits per heavy atom. The maximum atomic E-state index is 6.29. The van der Waals surface area contributed by atoms with Gasteiger partial charge in [-0.05, 0) is 25.7 Å². The van der Waals surface area contributed by atoms with E-state index < -0.39 is 5.54 Å². The van der Waals surface area contributed by atoms with Gasteiger partial charge in [0, 0.05) is 5.92 Å². The molecule has 1 aromatic rings. The van der Waals surface area contributed by atoms with Gasteiger partial charge in [-0.15, -0.1) is 0 Å². The highest BCUT2D eigenvalue weighted by atomic mass is 16.5. The van der Waals surface area contributed by atoms with Crippen LogP contribution in [0.15, 0.2) is 4.52 Å². The maximum Gasteiger partial charge on any atom is 0.229 e. The summed E-state index contributed by atoms with van der Waals surface area (Å²) in [7, 11) is 0. The van der Waals surface area contributed by atoms with E-state index >= 15 is 0 Å². The van der Waals surface area contributed by atoms with E-state index in [4.69, 9.17) is 10.3 Å². The van der Waals surface area contributed by atoms with Gasteiger partial charge in [0.1, 0.15) is 0 Å². The van der Waals surface area contributed by atoms with Gasteiger partial charge in [-0.3, -0.25) is 0 Å². The highest BCUT2D eigenvalue weighted by Crippen LogP contribution is 2.28. The molecule has 0 amide bonds. The molecule has 0 bridgehead atoms. The normalized spacial score (nSPS) is 12.3. The first-order valence-electron chi connectivity index (χ1n) is 7.24. The maximum absolute atomic E-state index is 6.29. The molecule has 0 aliphatic heterocycles. The van der Waals surface area contributed by atoms with Crippen LogP contribution < -0.4 is 5.73 Å². The lowest BCUT2D eigenvalue weighted by Crippen LogP contribution is -2.36. The average molecular weight is 253 g/mol. The average Bonchev–Trinajstić information content (AvgIpc) is 2.87. The summed E-state index contributed by atoms with van der Waals surface area (Å²) < 4.78 is 5.44. The zero-order chi connectivity index (χ0) is 13.6. The van der Waals surface area contributed by atoms with E-state index in [1.54, 1.807) is 0 Å². The molecule has 18 heavy (non-hydrogen) atoms. The van der Waals surface area contributed by atoms with Gasteiger partial charge in [-0.1, -0.05) is 45.7 Å². The third kappa shape index (κ3) is 3.31. The van der Waals surface area contributed by atoms with Crippen molar-refractivity contribution in [1.82, 2.24) is 10.1 Å². The van der Waals surface area contributed by atoms with Gasteiger partial charge in [0.15, 0.2) is 5.82 Å².